The number of benzene rings is 2. The molecule has 0 saturated heterocycles. The van der Waals surface area contributed by atoms with Crippen LogP contribution in [0.15, 0.2) is 36.4 Å². The molecule has 0 spiro atoms. The minimum Gasteiger partial charge on any atom is -0.506 e. The third-order valence-electron chi connectivity index (χ3n) is 2.63. The largest absolute Gasteiger partial charge is 0.506 e. The van der Waals surface area contributed by atoms with Crippen LogP contribution in [0, 0.1) is 0 Å². The molecule has 3 nitrogen and oxygen atoms in total. The Bertz CT molecular complexity index is 545. The first-order valence-electron chi connectivity index (χ1n) is 5.36. The summed E-state index contributed by atoms with van der Waals surface area (Å²) >= 11 is 5.90. The van der Waals surface area contributed by atoms with Gasteiger partial charge in [-0.15, -0.1) is 0 Å². The maximum absolute atomic E-state index is 9.41. The second kappa shape index (κ2) is 5.19. The van der Waals surface area contributed by atoms with Crippen molar-refractivity contribution in [1.29, 1.82) is 0 Å². The molecule has 0 bridgehead atoms. The van der Waals surface area contributed by atoms with Crippen molar-refractivity contribution in [2.24, 2.45) is 0 Å². The molecule has 2 aromatic rings. The van der Waals surface area contributed by atoms with Gasteiger partial charge in [-0.3, -0.25) is 0 Å². The first kappa shape index (κ1) is 12.6. The highest BCUT2D eigenvalue weighted by Crippen LogP contribution is 2.33. The molecule has 0 aliphatic carbocycles. The Hall–Kier alpha value is -1.87. The van der Waals surface area contributed by atoms with Crippen molar-refractivity contribution in [2.75, 3.05) is 14.2 Å². The highest BCUT2D eigenvalue weighted by molar-refractivity contribution is 6.32. The first-order valence-corrected chi connectivity index (χ1v) is 5.74. The number of aromatic hydroxyl groups is 1. The van der Waals surface area contributed by atoms with E-state index in [4.69, 9.17) is 21.1 Å². The molecule has 0 unspecified atom stereocenters. The van der Waals surface area contributed by atoms with Crippen molar-refractivity contribution in [1.82, 2.24) is 0 Å². The molecule has 4 heteroatoms. The maximum Gasteiger partial charge on any atom is 0.134 e. The summed E-state index contributed by atoms with van der Waals surface area (Å²) in [5.74, 6) is 1.47. The molecule has 0 aliphatic rings. The second-order valence-electron chi connectivity index (χ2n) is 3.77. The van der Waals surface area contributed by atoms with E-state index in [-0.39, 0.29) is 5.75 Å². The molecular weight excluding hydrogens is 252 g/mol. The Kier molecular flexibility index (Phi) is 3.63. The third-order valence-corrected chi connectivity index (χ3v) is 2.94. The van der Waals surface area contributed by atoms with Gasteiger partial charge >= 0.3 is 0 Å². The number of methoxy groups -OCH3 is 2. The Morgan fingerprint density at radius 2 is 1.50 bits per heavy atom. The molecule has 18 heavy (non-hydrogen) atoms. The summed E-state index contributed by atoms with van der Waals surface area (Å²) in [5, 5.41) is 9.72. The highest BCUT2D eigenvalue weighted by atomic mass is 35.5. The van der Waals surface area contributed by atoms with Gasteiger partial charge in [0.25, 0.3) is 0 Å². The van der Waals surface area contributed by atoms with Crippen molar-refractivity contribution in [3.8, 4) is 28.4 Å². The number of hydrogen-bond donors (Lipinski definition) is 1. The van der Waals surface area contributed by atoms with Gasteiger partial charge in [0.2, 0.25) is 0 Å². The zero-order valence-corrected chi connectivity index (χ0v) is 10.9. The van der Waals surface area contributed by atoms with Crippen molar-refractivity contribution < 1.29 is 14.6 Å². The molecule has 0 atom stereocenters. The average Bonchev–Trinajstić information content (AvgIpc) is 2.41. The van der Waals surface area contributed by atoms with Crippen LogP contribution in [-0.4, -0.2) is 19.3 Å². The van der Waals surface area contributed by atoms with Crippen LogP contribution >= 0.6 is 11.6 Å². The second-order valence-corrected chi connectivity index (χ2v) is 4.17. The van der Waals surface area contributed by atoms with Crippen molar-refractivity contribution in [3.05, 3.63) is 41.4 Å². The maximum atomic E-state index is 9.41. The van der Waals surface area contributed by atoms with E-state index in [0.29, 0.717) is 16.5 Å². The molecule has 94 valence electrons. The molecular formula is C14H13ClO3. The highest BCUT2D eigenvalue weighted by Gasteiger charge is 2.06. The summed E-state index contributed by atoms with van der Waals surface area (Å²) < 4.78 is 10.4. The number of phenolic OH excluding ortho intramolecular Hbond substituents is 1. The normalized spacial score (nSPS) is 10.2. The van der Waals surface area contributed by atoms with Crippen LogP contribution in [0.3, 0.4) is 0 Å². The fourth-order valence-corrected chi connectivity index (χ4v) is 1.84. The SMILES string of the molecule is COc1cc(OC)cc(-c2ccc(O)c(Cl)c2)c1. The predicted octanol–water partition coefficient (Wildman–Crippen LogP) is 3.73. The predicted molar refractivity (Wildman–Crippen MR) is 71.7 cm³/mol. The lowest BCUT2D eigenvalue weighted by Crippen LogP contribution is -1.88. The fraction of sp³-hybridized carbons (Fsp3) is 0.143. The van der Waals surface area contributed by atoms with E-state index in [1.54, 1.807) is 38.5 Å². The summed E-state index contributed by atoms with van der Waals surface area (Å²) in [6.07, 6.45) is 0. The Morgan fingerprint density at radius 3 is 2.00 bits per heavy atom. The van der Waals surface area contributed by atoms with Gasteiger partial charge in [-0.25, -0.2) is 0 Å². The van der Waals surface area contributed by atoms with Crippen LogP contribution in [0.4, 0.5) is 0 Å². The van der Waals surface area contributed by atoms with Gasteiger partial charge in [0.15, 0.2) is 0 Å². The summed E-state index contributed by atoms with van der Waals surface area (Å²) in [5.41, 5.74) is 1.79. The Labute approximate surface area is 111 Å². The first-order chi connectivity index (χ1) is 8.63. The van der Waals surface area contributed by atoms with Gasteiger partial charge in [0.1, 0.15) is 17.2 Å². The molecule has 2 aromatic carbocycles. The van der Waals surface area contributed by atoms with Gasteiger partial charge in [0, 0.05) is 6.07 Å². The Morgan fingerprint density at radius 1 is 0.889 bits per heavy atom. The molecule has 0 radical (unpaired) electrons. The number of halogens is 1. The molecule has 1 N–H and O–H groups in total. The zero-order valence-electron chi connectivity index (χ0n) is 10.1. The molecule has 0 heterocycles. The van der Waals surface area contributed by atoms with Gasteiger partial charge < -0.3 is 14.6 Å². The average molecular weight is 265 g/mol. The third kappa shape index (κ3) is 2.51. The lowest BCUT2D eigenvalue weighted by atomic mass is 10.0. The number of phenols is 1. The minimum atomic E-state index is 0.0651. The van der Waals surface area contributed by atoms with Crippen LogP contribution in [0.25, 0.3) is 11.1 Å². The zero-order chi connectivity index (χ0) is 13.1. The number of hydrogen-bond acceptors (Lipinski definition) is 3. The molecule has 0 aromatic heterocycles. The lowest BCUT2D eigenvalue weighted by molar-refractivity contribution is 0.394. The smallest absolute Gasteiger partial charge is 0.134 e. The van der Waals surface area contributed by atoms with E-state index in [1.165, 1.54) is 0 Å². The molecule has 0 aliphatic heterocycles. The Balaban J connectivity index is 2.51. The number of rotatable bonds is 3. The fourth-order valence-electron chi connectivity index (χ4n) is 1.66. The van der Waals surface area contributed by atoms with E-state index in [2.05, 4.69) is 0 Å². The number of ether oxygens (including phenoxy) is 2. The minimum absolute atomic E-state index is 0.0651. The lowest BCUT2D eigenvalue weighted by Gasteiger charge is -2.09. The molecule has 0 fully saturated rings. The van der Waals surface area contributed by atoms with Crippen molar-refractivity contribution in [3.63, 3.8) is 0 Å². The summed E-state index contributed by atoms with van der Waals surface area (Å²) in [4.78, 5) is 0. The van der Waals surface area contributed by atoms with Gasteiger partial charge in [-0.05, 0) is 35.4 Å². The van der Waals surface area contributed by atoms with Gasteiger partial charge in [-0.1, -0.05) is 17.7 Å². The van der Waals surface area contributed by atoms with E-state index >= 15 is 0 Å². The summed E-state index contributed by atoms with van der Waals surface area (Å²) in [6.45, 7) is 0. The molecule has 2 rings (SSSR count). The van der Waals surface area contributed by atoms with Crippen LogP contribution in [-0.2, 0) is 0 Å². The van der Waals surface area contributed by atoms with Crippen molar-refractivity contribution in [2.45, 2.75) is 0 Å². The van der Waals surface area contributed by atoms with Gasteiger partial charge in [0.05, 0.1) is 19.2 Å². The summed E-state index contributed by atoms with van der Waals surface area (Å²) in [6, 6.07) is 10.6. The van der Waals surface area contributed by atoms with Crippen molar-refractivity contribution >= 4 is 11.6 Å². The monoisotopic (exact) mass is 264 g/mol. The summed E-state index contributed by atoms with van der Waals surface area (Å²) in [7, 11) is 3.20. The van der Waals surface area contributed by atoms with E-state index in [1.807, 2.05) is 12.1 Å². The van der Waals surface area contributed by atoms with E-state index < -0.39 is 0 Å². The van der Waals surface area contributed by atoms with Crippen LogP contribution in [0.2, 0.25) is 5.02 Å². The topological polar surface area (TPSA) is 38.7 Å². The van der Waals surface area contributed by atoms with Crippen LogP contribution < -0.4 is 9.47 Å². The molecule has 0 amide bonds. The van der Waals surface area contributed by atoms with Crippen LogP contribution in [0.5, 0.6) is 17.2 Å². The van der Waals surface area contributed by atoms with Gasteiger partial charge in [-0.2, -0.15) is 0 Å². The van der Waals surface area contributed by atoms with E-state index in [9.17, 15) is 5.11 Å². The van der Waals surface area contributed by atoms with Crippen LogP contribution in [0.1, 0.15) is 0 Å². The standard InChI is InChI=1S/C14H13ClO3/c1-17-11-5-10(6-12(8-11)18-2)9-3-4-14(16)13(15)7-9/h3-8,16H,1-2H3. The molecule has 0 saturated carbocycles. The quantitative estimate of drug-likeness (QED) is 0.918. The van der Waals surface area contributed by atoms with E-state index in [0.717, 1.165) is 11.1 Å².